The molecule has 1 aromatic carbocycles. The van der Waals surface area contributed by atoms with Crippen LogP contribution in [0.2, 0.25) is 0 Å². The Labute approximate surface area is 420 Å². The number of carbonyl (C=O) groups is 11. The van der Waals surface area contributed by atoms with Crippen LogP contribution in [0.25, 0.3) is 0 Å². The normalized spacial score (nSPS) is 18.8. The Morgan fingerprint density at radius 3 is 1.74 bits per heavy atom. The highest BCUT2D eigenvalue weighted by atomic mass is 32.2. The van der Waals surface area contributed by atoms with E-state index in [0.717, 1.165) is 4.90 Å². The molecule has 3 rings (SSSR count). The summed E-state index contributed by atoms with van der Waals surface area (Å²) in [6.07, 6.45) is -0.480. The number of nitrogens with two attached hydrogens (primary N) is 1. The predicted octanol–water partition coefficient (Wildman–Crippen LogP) is -2.22. The number of carbonyl (C=O) groups excluding carboxylic acids is 8. The van der Waals surface area contributed by atoms with Gasteiger partial charge in [0.05, 0.1) is 18.6 Å². The van der Waals surface area contributed by atoms with Gasteiger partial charge in [-0.05, 0) is 94.4 Å². The average Bonchev–Trinajstić information content (AvgIpc) is 4.01. The van der Waals surface area contributed by atoms with E-state index in [0.29, 0.717) is 17.7 Å². The van der Waals surface area contributed by atoms with E-state index >= 15 is 0 Å². The van der Waals surface area contributed by atoms with Gasteiger partial charge < -0.3 is 73.0 Å². The topological polar surface area (TPSA) is 394 Å². The van der Waals surface area contributed by atoms with Crippen LogP contribution >= 0.6 is 11.8 Å². The Balaban J connectivity index is 1.80. The Morgan fingerprint density at radius 1 is 0.667 bits per heavy atom. The largest absolute Gasteiger partial charge is 0.508 e. The Hall–Kier alpha value is -6.54. The molecule has 25 nitrogen and oxygen atoms in total. The molecule has 2 heterocycles. The van der Waals surface area contributed by atoms with E-state index in [4.69, 9.17) is 10.8 Å². The van der Waals surface area contributed by atoms with E-state index in [1.54, 1.807) is 20.1 Å². The number of phenols is 1. The summed E-state index contributed by atoms with van der Waals surface area (Å²) in [7, 11) is 0. The molecule has 10 atom stereocenters. The van der Waals surface area contributed by atoms with Gasteiger partial charge in [0.15, 0.2) is 0 Å². The lowest BCUT2D eigenvalue weighted by atomic mass is 10.00. The number of amides is 8. The fraction of sp³-hybridized carbons (Fsp3) is 0.630. The number of hydrogen-bond donors (Lipinski definition) is 12. The first-order valence-electron chi connectivity index (χ1n) is 23.6. The highest BCUT2D eigenvalue weighted by Gasteiger charge is 2.42. The standard InChI is InChI=1S/C46H69N9O16S/c1-23(2)20-30(50-40(64)31(21-26-10-12-27(57)13-11-26)51-42(66)34-9-6-17-54(34)44(68)28(47)14-15-35(58)59)39(63)52-32(22-36(60)61)45(69)55-18-7-8-33(55)41(65)48-24(3)38(62)53-37(25(4)56)43(67)49-29(46(70)71)16-19-72-5/h10-13,23-25,28-34,37,56-57H,6-9,14-22,47H2,1-5H3,(H,48,65)(H,49,67)(H,50,64)(H,51,66)(H,52,63)(H,53,62)(H,58,59)(H,60,61)(H,70,71)/t24-,25+,28-,29-,30-,31-,32-,33-,34-,37-/m0/s1. The molecular formula is C46H69N9O16S. The number of aliphatic hydroxyl groups is 1. The van der Waals surface area contributed by atoms with Gasteiger partial charge in [-0.25, -0.2) is 4.79 Å². The molecule has 72 heavy (non-hydrogen) atoms. The minimum atomic E-state index is -1.77. The van der Waals surface area contributed by atoms with Crippen LogP contribution in [0.1, 0.15) is 91.0 Å². The number of carboxylic acid groups (broad SMARTS) is 3. The molecule has 26 heteroatoms. The van der Waals surface area contributed by atoms with Crippen LogP contribution in [0.3, 0.4) is 0 Å². The number of phenolic OH excluding ortho intramolecular Hbond substituents is 1. The lowest BCUT2D eigenvalue weighted by Crippen LogP contribution is -2.61. The van der Waals surface area contributed by atoms with Crippen molar-refractivity contribution >= 4 is 76.9 Å². The third-order valence-corrected chi connectivity index (χ3v) is 12.7. The van der Waals surface area contributed by atoms with Crippen molar-refractivity contribution in [1.29, 1.82) is 0 Å². The molecule has 13 N–H and O–H groups in total. The lowest BCUT2D eigenvalue weighted by molar-refractivity contribution is -0.146. The smallest absolute Gasteiger partial charge is 0.326 e. The molecular weight excluding hydrogens is 967 g/mol. The molecule has 0 unspecified atom stereocenters. The van der Waals surface area contributed by atoms with E-state index in [2.05, 4.69) is 31.9 Å². The summed E-state index contributed by atoms with van der Waals surface area (Å²) in [4.78, 5) is 147. The summed E-state index contributed by atoms with van der Waals surface area (Å²) < 4.78 is 0. The van der Waals surface area contributed by atoms with Gasteiger partial charge in [0.25, 0.3) is 0 Å². The maximum atomic E-state index is 14.2. The van der Waals surface area contributed by atoms with Crippen molar-refractivity contribution < 1.29 is 78.3 Å². The monoisotopic (exact) mass is 1040 g/mol. The van der Waals surface area contributed by atoms with Gasteiger partial charge in [0, 0.05) is 25.9 Å². The number of likely N-dealkylation sites (tertiary alicyclic amines) is 2. The molecule has 1 aromatic rings. The van der Waals surface area contributed by atoms with Gasteiger partial charge in [-0.1, -0.05) is 26.0 Å². The molecule has 400 valence electrons. The highest BCUT2D eigenvalue weighted by molar-refractivity contribution is 7.98. The van der Waals surface area contributed by atoms with Gasteiger partial charge in [-0.3, -0.25) is 47.9 Å². The summed E-state index contributed by atoms with van der Waals surface area (Å²) in [5.74, 6) is -10.9. The number of aliphatic hydroxyl groups excluding tert-OH is 1. The first kappa shape index (κ1) is 59.8. The molecule has 8 amide bonds. The molecule has 0 saturated carbocycles. The first-order chi connectivity index (χ1) is 33.8. The number of nitrogens with zero attached hydrogens (tertiary/aromatic N) is 2. The zero-order chi connectivity index (χ0) is 54.0. The number of aromatic hydroxyl groups is 1. The summed E-state index contributed by atoms with van der Waals surface area (Å²) in [5, 5.41) is 63.4. The van der Waals surface area contributed by atoms with Crippen LogP contribution < -0.4 is 37.6 Å². The SMILES string of the molecule is CSCC[C@H](NC(=O)[C@@H](NC(=O)[C@H](C)NC(=O)[C@@H]1CCCN1C(=O)[C@H](CC(=O)O)NC(=O)[C@H](CC(C)C)NC(=O)[C@H](Cc1ccc(O)cc1)NC(=O)[C@@H]1CCCN1C(=O)[C@@H](N)CCC(=O)O)[C@@H](C)O)C(=O)O. The Morgan fingerprint density at radius 2 is 1.21 bits per heavy atom. The van der Waals surface area contributed by atoms with Gasteiger partial charge in [0.1, 0.15) is 54.1 Å². The highest BCUT2D eigenvalue weighted by Crippen LogP contribution is 2.22. The third kappa shape index (κ3) is 18.3. The number of rotatable bonds is 28. The molecule has 0 aromatic heterocycles. The Kier molecular flexibility index (Phi) is 23.6. The van der Waals surface area contributed by atoms with Gasteiger partial charge >= 0.3 is 17.9 Å². The summed E-state index contributed by atoms with van der Waals surface area (Å²) in [5.41, 5.74) is 6.46. The fourth-order valence-electron chi connectivity index (χ4n) is 8.20. The van der Waals surface area contributed by atoms with Crippen molar-refractivity contribution in [3.63, 3.8) is 0 Å². The maximum Gasteiger partial charge on any atom is 0.326 e. The van der Waals surface area contributed by atoms with Gasteiger partial charge in [0.2, 0.25) is 47.3 Å². The van der Waals surface area contributed by atoms with Crippen LogP contribution in [0.5, 0.6) is 5.75 Å². The number of carboxylic acids is 3. The summed E-state index contributed by atoms with van der Waals surface area (Å²) in [6.45, 7) is 5.99. The molecule has 2 fully saturated rings. The summed E-state index contributed by atoms with van der Waals surface area (Å²) in [6, 6.07) is -6.72. The molecule has 0 spiro atoms. The first-order valence-corrected chi connectivity index (χ1v) is 25.0. The maximum absolute atomic E-state index is 14.2. The van der Waals surface area contributed by atoms with Crippen LogP contribution in [0, 0.1) is 5.92 Å². The fourth-order valence-corrected chi connectivity index (χ4v) is 8.67. The third-order valence-electron chi connectivity index (χ3n) is 12.0. The quantitative estimate of drug-likeness (QED) is 0.0423. The summed E-state index contributed by atoms with van der Waals surface area (Å²) >= 11 is 1.35. The molecule has 0 radical (unpaired) electrons. The van der Waals surface area contributed by atoms with Crippen molar-refractivity contribution in [3.8, 4) is 5.75 Å². The van der Waals surface area contributed by atoms with E-state index in [9.17, 15) is 73.2 Å². The zero-order valence-electron chi connectivity index (χ0n) is 41.0. The van der Waals surface area contributed by atoms with Crippen molar-refractivity contribution in [2.45, 2.75) is 152 Å². The second kappa shape index (κ2) is 28.5. The van der Waals surface area contributed by atoms with Crippen molar-refractivity contribution in [1.82, 2.24) is 41.7 Å². The Bertz CT molecular complexity index is 2130. The number of benzene rings is 1. The van der Waals surface area contributed by atoms with E-state index in [1.165, 1.54) is 54.8 Å². The van der Waals surface area contributed by atoms with Crippen molar-refractivity contribution in [2.75, 3.05) is 25.1 Å². The van der Waals surface area contributed by atoms with E-state index < -0.39 is 132 Å². The predicted molar refractivity (Wildman–Crippen MR) is 257 cm³/mol. The molecule has 2 aliphatic heterocycles. The molecule has 0 aliphatic carbocycles. The van der Waals surface area contributed by atoms with Crippen LogP contribution in [-0.2, 0) is 59.2 Å². The molecule has 2 saturated heterocycles. The minimum Gasteiger partial charge on any atom is -0.508 e. The van der Waals surface area contributed by atoms with Crippen molar-refractivity contribution in [3.05, 3.63) is 29.8 Å². The number of aliphatic carboxylic acids is 3. The minimum absolute atomic E-state index is 0.0466. The van der Waals surface area contributed by atoms with E-state index in [-0.39, 0.29) is 76.1 Å². The van der Waals surface area contributed by atoms with E-state index in [1.807, 2.05) is 0 Å². The number of thioether (sulfide) groups is 1. The van der Waals surface area contributed by atoms with Crippen LogP contribution in [-0.4, -0.2) is 186 Å². The second-order valence-electron chi connectivity index (χ2n) is 18.3. The van der Waals surface area contributed by atoms with Gasteiger partial charge in [-0.2, -0.15) is 11.8 Å². The zero-order valence-corrected chi connectivity index (χ0v) is 41.8. The molecule has 0 bridgehead atoms. The molecule has 2 aliphatic rings. The number of hydrogen-bond acceptors (Lipinski definition) is 15. The lowest BCUT2D eigenvalue weighted by Gasteiger charge is -2.31. The van der Waals surface area contributed by atoms with Crippen LogP contribution in [0.4, 0.5) is 0 Å². The van der Waals surface area contributed by atoms with Crippen molar-refractivity contribution in [2.24, 2.45) is 11.7 Å². The van der Waals surface area contributed by atoms with Crippen LogP contribution in [0.15, 0.2) is 24.3 Å². The second-order valence-corrected chi connectivity index (χ2v) is 19.3. The van der Waals surface area contributed by atoms with Gasteiger partial charge in [-0.15, -0.1) is 0 Å². The number of nitrogens with one attached hydrogen (secondary N) is 6. The average molecular weight is 1040 g/mol.